The number of rotatable bonds is 5. The summed E-state index contributed by atoms with van der Waals surface area (Å²) in [5.41, 5.74) is 0.233. The average molecular weight is 871 g/mol. The van der Waals surface area contributed by atoms with Gasteiger partial charge in [-0.05, 0) is 61.8 Å². The van der Waals surface area contributed by atoms with E-state index in [0.29, 0.717) is 61.5 Å². The van der Waals surface area contributed by atoms with Crippen molar-refractivity contribution in [3.05, 3.63) is 34.4 Å². The van der Waals surface area contributed by atoms with Crippen LogP contribution in [-0.2, 0) is 33.3 Å². The number of benzene rings is 2. The van der Waals surface area contributed by atoms with E-state index in [1.165, 1.54) is 25.7 Å². The normalized spacial score (nSPS) is 43.9. The first-order valence-corrected chi connectivity index (χ1v) is 20.1. The van der Waals surface area contributed by atoms with Crippen molar-refractivity contribution < 1.29 is 82.4 Å². The number of nitrogens with zero attached hydrogens (tertiary/aromatic N) is 2. The lowest BCUT2D eigenvalue weighted by molar-refractivity contribution is -0.950. The summed E-state index contributed by atoms with van der Waals surface area (Å²) in [4.78, 5) is 27.4. The number of likely N-dealkylation sites (tertiary alicyclic amines) is 2. The van der Waals surface area contributed by atoms with Crippen LogP contribution in [0.25, 0.3) is 11.1 Å². The Morgan fingerprint density at radius 3 is 1.43 bits per heavy atom. The molecular formula is C42H50Br2N2O8. The standard InChI is InChI=1S/C42H48N2O8.2BrH/c1-43(19-21-3-4-21)13-11-39-31-23-15-25(33(47)35(31)51-37(39)27(45)7-9-41(39,49)29(43)17-23)26-16-24-18-30-42(50)10-8-28(46)38-40(42,32(24)36(52-38)34(26)48)12-14-44(30,2)20-22-5-6-22;;/h15-16,21-22,29-30,37-38,49-50H,3-14,17-20H2,1-2H3;2*1H/t29-,30-,37+,38+,39-,40+,41-,42-,43-,44-;;/m1../s1. The number of quaternary nitrogens is 2. The molecule has 4 saturated carbocycles. The fourth-order valence-corrected chi connectivity index (χ4v) is 14.4. The molecule has 6 fully saturated rings. The van der Waals surface area contributed by atoms with Gasteiger partial charge in [-0.2, -0.15) is 0 Å². The SMILES string of the molecule is C[N@+]1(CC2CC2)CC[C@]23c4c5cc(-c6cc7c8c(c6O)O[C@H]6C(=O)CC[C@@]9(O)[C@@H](C7)[N@@+](C)(CC7CC7)CC[C@@]869)c(O)c4O[C@H]2C(=O)CC[C@@]3(O)[C@H]1C5.[Br-].[Br-]. The first-order valence-electron chi connectivity index (χ1n) is 20.1. The maximum atomic E-state index is 13.7. The quantitative estimate of drug-likeness (QED) is 0.240. The number of Topliss-reactive ketones (excluding diaryl/α,β-unsaturated/α-hetero) is 2. The Balaban J connectivity index is 0.00000180. The van der Waals surface area contributed by atoms with Gasteiger partial charge in [-0.25, -0.2) is 0 Å². The Kier molecular flexibility index (Phi) is 7.25. The summed E-state index contributed by atoms with van der Waals surface area (Å²) in [6.45, 7) is 3.71. The minimum atomic E-state index is -1.13. The Hall–Kier alpha value is -2.22. The molecular weight excluding hydrogens is 820 g/mol. The molecule has 0 unspecified atom stereocenters. The first kappa shape index (κ1) is 36.1. The summed E-state index contributed by atoms with van der Waals surface area (Å²) in [7, 11) is 4.56. The highest BCUT2D eigenvalue weighted by Gasteiger charge is 2.78. The highest BCUT2D eigenvalue weighted by Crippen LogP contribution is 2.70. The van der Waals surface area contributed by atoms with Crippen LogP contribution in [0.5, 0.6) is 23.0 Å². The van der Waals surface area contributed by atoms with Gasteiger partial charge in [0.05, 0.1) is 51.1 Å². The van der Waals surface area contributed by atoms with Gasteiger partial charge in [0, 0.05) is 72.6 Å². The highest BCUT2D eigenvalue weighted by atomic mass is 79.9. The maximum Gasteiger partial charge on any atom is 0.174 e. The maximum absolute atomic E-state index is 13.7. The van der Waals surface area contributed by atoms with Gasteiger partial charge in [0.15, 0.2) is 46.8 Å². The Labute approximate surface area is 336 Å². The molecule has 10 aliphatic rings. The van der Waals surface area contributed by atoms with Gasteiger partial charge < -0.3 is 72.8 Å². The van der Waals surface area contributed by atoms with Crippen molar-refractivity contribution in [2.24, 2.45) is 11.8 Å². The number of phenolic OH excluding ortho intramolecular Hbond substituents is 2. The number of ketones is 2. The van der Waals surface area contributed by atoms with Crippen molar-refractivity contribution in [3.63, 3.8) is 0 Å². The van der Waals surface area contributed by atoms with E-state index in [9.17, 15) is 30.0 Å². The van der Waals surface area contributed by atoms with E-state index in [1.54, 1.807) is 0 Å². The van der Waals surface area contributed by atoms with Crippen LogP contribution in [-0.4, -0.2) is 117 Å². The smallest absolute Gasteiger partial charge is 0.174 e. The van der Waals surface area contributed by atoms with Gasteiger partial charge in [-0.1, -0.05) is 0 Å². The lowest BCUT2D eigenvalue weighted by Gasteiger charge is -2.64. The molecule has 2 spiro atoms. The van der Waals surface area contributed by atoms with Gasteiger partial charge in [0.25, 0.3) is 0 Å². The summed E-state index contributed by atoms with van der Waals surface area (Å²) in [5.74, 6) is 1.53. The van der Waals surface area contributed by atoms with E-state index >= 15 is 0 Å². The van der Waals surface area contributed by atoms with E-state index in [1.807, 2.05) is 12.1 Å². The molecule has 4 heterocycles. The molecule has 4 bridgehead atoms. The van der Waals surface area contributed by atoms with Crippen molar-refractivity contribution in [2.75, 3.05) is 40.3 Å². The zero-order valence-electron chi connectivity index (χ0n) is 31.0. The highest BCUT2D eigenvalue weighted by molar-refractivity contribution is 5.94. The van der Waals surface area contributed by atoms with Crippen molar-refractivity contribution in [1.29, 1.82) is 0 Å². The number of aliphatic hydroxyl groups is 2. The molecule has 54 heavy (non-hydrogen) atoms. The van der Waals surface area contributed by atoms with Crippen LogP contribution in [0.4, 0.5) is 0 Å². The fraction of sp³-hybridized carbons (Fsp3) is 0.667. The summed E-state index contributed by atoms with van der Waals surface area (Å²) in [6.07, 6.45) is 6.86. The minimum Gasteiger partial charge on any atom is -1.00 e. The molecule has 2 aromatic carbocycles. The summed E-state index contributed by atoms with van der Waals surface area (Å²) >= 11 is 0. The summed E-state index contributed by atoms with van der Waals surface area (Å²) in [6, 6.07) is 3.71. The van der Waals surface area contributed by atoms with Gasteiger partial charge in [-0.15, -0.1) is 0 Å². The molecule has 12 rings (SSSR count). The van der Waals surface area contributed by atoms with Gasteiger partial charge in [0.2, 0.25) is 0 Å². The van der Waals surface area contributed by atoms with Crippen molar-refractivity contribution >= 4 is 11.6 Å². The fourth-order valence-electron chi connectivity index (χ4n) is 14.4. The van der Waals surface area contributed by atoms with Gasteiger partial charge in [0.1, 0.15) is 23.3 Å². The molecule has 0 aromatic heterocycles. The van der Waals surface area contributed by atoms with Gasteiger partial charge >= 0.3 is 0 Å². The topological polar surface area (TPSA) is 134 Å². The number of likely N-dealkylation sites (N-methyl/N-ethyl adjacent to an activating group) is 2. The van der Waals surface area contributed by atoms with Crippen LogP contribution >= 0.6 is 0 Å². The van der Waals surface area contributed by atoms with E-state index in [0.717, 1.165) is 57.4 Å². The van der Waals surface area contributed by atoms with E-state index in [-0.39, 0.29) is 93.5 Å². The molecule has 4 aliphatic heterocycles. The number of aromatic hydroxyl groups is 2. The Bertz CT molecular complexity index is 1940. The molecule has 12 heteroatoms. The van der Waals surface area contributed by atoms with Crippen LogP contribution in [0.15, 0.2) is 12.1 Å². The first-order chi connectivity index (χ1) is 24.8. The van der Waals surface area contributed by atoms with Crippen LogP contribution in [0, 0.1) is 11.8 Å². The van der Waals surface area contributed by atoms with E-state index in [2.05, 4.69) is 14.1 Å². The number of carbonyl (C=O) groups excluding carboxylic acids is 2. The number of ether oxygens (including phenoxy) is 2. The predicted molar refractivity (Wildman–Crippen MR) is 187 cm³/mol. The molecule has 10 atom stereocenters. The minimum absolute atomic E-state index is 0. The lowest BCUT2D eigenvalue weighted by atomic mass is 9.48. The van der Waals surface area contributed by atoms with Gasteiger partial charge in [-0.3, -0.25) is 9.59 Å². The number of hydrogen-bond donors (Lipinski definition) is 4. The monoisotopic (exact) mass is 868 g/mol. The second kappa shape index (κ2) is 10.8. The molecule has 290 valence electrons. The second-order valence-electron chi connectivity index (χ2n) is 19.6. The third kappa shape index (κ3) is 3.92. The number of carbonyl (C=O) groups is 2. The number of piperidine rings is 2. The third-order valence-electron chi connectivity index (χ3n) is 17.1. The summed E-state index contributed by atoms with van der Waals surface area (Å²) < 4.78 is 14.7. The molecule has 6 aliphatic carbocycles. The second-order valence-corrected chi connectivity index (χ2v) is 19.6. The molecule has 2 saturated heterocycles. The van der Waals surface area contributed by atoms with Crippen LogP contribution in [0.1, 0.15) is 86.5 Å². The largest absolute Gasteiger partial charge is 1.00 e. The van der Waals surface area contributed by atoms with Crippen LogP contribution in [0.2, 0.25) is 0 Å². The van der Waals surface area contributed by atoms with E-state index < -0.39 is 34.2 Å². The van der Waals surface area contributed by atoms with Crippen molar-refractivity contribution in [1.82, 2.24) is 0 Å². The molecule has 4 N–H and O–H groups in total. The molecule has 0 amide bonds. The predicted octanol–water partition coefficient (Wildman–Crippen LogP) is -2.67. The number of halogens is 2. The summed E-state index contributed by atoms with van der Waals surface area (Å²) in [5, 5.41) is 50.3. The molecule has 10 nitrogen and oxygen atoms in total. The van der Waals surface area contributed by atoms with Crippen LogP contribution < -0.4 is 43.4 Å². The zero-order valence-corrected chi connectivity index (χ0v) is 34.2. The van der Waals surface area contributed by atoms with Crippen LogP contribution in [0.3, 0.4) is 0 Å². The Morgan fingerprint density at radius 2 is 1.06 bits per heavy atom. The number of phenols is 2. The van der Waals surface area contributed by atoms with E-state index in [4.69, 9.17) is 9.47 Å². The van der Waals surface area contributed by atoms with Crippen molar-refractivity contribution in [2.45, 2.75) is 123 Å². The Morgan fingerprint density at radius 1 is 0.667 bits per heavy atom. The average Bonchev–Trinajstić information content (AvgIpc) is 4.03. The zero-order chi connectivity index (χ0) is 35.5. The number of hydrogen-bond acceptors (Lipinski definition) is 8. The third-order valence-corrected chi connectivity index (χ3v) is 17.1. The molecule has 2 aromatic rings. The lowest BCUT2D eigenvalue weighted by Crippen LogP contribution is -3.00. The molecule has 0 radical (unpaired) electrons. The van der Waals surface area contributed by atoms with Crippen molar-refractivity contribution in [3.8, 4) is 34.1 Å².